The predicted octanol–water partition coefficient (Wildman–Crippen LogP) is -0.617. The number of aliphatic carboxylic acids is 1. The number of carboxylic acid groups (broad SMARTS) is 1. The van der Waals surface area contributed by atoms with E-state index in [-0.39, 0.29) is 54.5 Å². The lowest BCUT2D eigenvalue weighted by atomic mass is 10.0. The van der Waals surface area contributed by atoms with E-state index in [1.54, 1.807) is 25.1 Å². The summed E-state index contributed by atoms with van der Waals surface area (Å²) in [6, 6.07) is 7.07. The van der Waals surface area contributed by atoms with Gasteiger partial charge in [0.05, 0.1) is 11.5 Å². The molecule has 0 aliphatic rings. The van der Waals surface area contributed by atoms with Crippen LogP contribution >= 0.6 is 11.3 Å². The topological polar surface area (TPSA) is 308 Å². The first kappa shape index (κ1) is 39.6. The molecule has 1 heterocycles. The molecule has 3 amide bonds. The molecule has 1 aromatic heterocycles. The Labute approximate surface area is 275 Å². The molecule has 2 rings (SSSR count). The number of phenolic OH excluding ortho intramolecular Hbond substituents is 1. The Balaban J connectivity index is 0.00000260. The first-order valence-electron chi connectivity index (χ1n) is 14.3. The molecule has 0 aliphatic carbocycles. The van der Waals surface area contributed by atoms with Gasteiger partial charge in [0.1, 0.15) is 17.8 Å². The summed E-state index contributed by atoms with van der Waals surface area (Å²) < 4.78 is 0. The molecular formula is C28H42N10O8S. The number of guanidine groups is 2. The Morgan fingerprint density at radius 2 is 1.68 bits per heavy atom. The molecule has 0 radical (unpaired) electrons. The van der Waals surface area contributed by atoms with Gasteiger partial charge in [-0.25, -0.2) is 4.99 Å². The van der Waals surface area contributed by atoms with E-state index in [1.165, 1.54) is 23.1 Å². The number of amides is 3. The van der Waals surface area contributed by atoms with Gasteiger partial charge in [0.25, 0.3) is 5.97 Å². The van der Waals surface area contributed by atoms with E-state index < -0.39 is 34.8 Å². The van der Waals surface area contributed by atoms with Gasteiger partial charge < -0.3 is 48.7 Å². The zero-order valence-corrected chi connectivity index (χ0v) is 26.9. The normalized spacial score (nSPS) is 11.4. The third-order valence-corrected chi connectivity index (χ3v) is 7.25. The average molecular weight is 679 g/mol. The fourth-order valence-corrected chi connectivity index (χ4v) is 4.78. The van der Waals surface area contributed by atoms with Crippen molar-refractivity contribution in [2.24, 2.45) is 32.9 Å². The van der Waals surface area contributed by atoms with Crippen LogP contribution in [0.2, 0.25) is 0 Å². The van der Waals surface area contributed by atoms with Crippen molar-refractivity contribution < 1.29 is 34.3 Å². The van der Waals surface area contributed by atoms with Gasteiger partial charge in [-0.05, 0) is 49.9 Å². The molecular weight excluding hydrogens is 636 g/mol. The van der Waals surface area contributed by atoms with Crippen LogP contribution in [0.25, 0.3) is 0 Å². The van der Waals surface area contributed by atoms with E-state index in [4.69, 9.17) is 32.8 Å². The number of thiophene rings is 1. The van der Waals surface area contributed by atoms with Crippen LogP contribution in [0.1, 0.15) is 37.1 Å². The van der Waals surface area contributed by atoms with Gasteiger partial charge >= 0.3 is 5.00 Å². The highest BCUT2D eigenvalue weighted by Gasteiger charge is 2.26. The summed E-state index contributed by atoms with van der Waals surface area (Å²) >= 11 is 1.04. The van der Waals surface area contributed by atoms with E-state index >= 15 is 0 Å². The number of nitrogens with one attached hydrogen (secondary N) is 2. The summed E-state index contributed by atoms with van der Waals surface area (Å²) in [5.41, 5.74) is 22.5. The average Bonchev–Trinajstić information content (AvgIpc) is 3.47. The molecule has 0 saturated carbocycles. The van der Waals surface area contributed by atoms with Crippen LogP contribution in [0.4, 0.5) is 5.00 Å². The van der Waals surface area contributed by atoms with Crippen molar-refractivity contribution in [3.63, 3.8) is 0 Å². The maximum Gasteiger partial charge on any atom is 0.324 e. The Hall–Kier alpha value is -5.46. The van der Waals surface area contributed by atoms with Crippen LogP contribution in [-0.4, -0.2) is 93.9 Å². The van der Waals surface area contributed by atoms with Gasteiger partial charge in [-0.15, -0.1) is 0 Å². The minimum absolute atomic E-state index is 0.0229. The maximum atomic E-state index is 13.2. The molecule has 2 aromatic rings. The minimum Gasteiger partial charge on any atom is -0.508 e. The number of nitrogens with zero attached hydrogens (tertiary/aromatic N) is 4. The molecule has 18 nitrogen and oxygen atoms in total. The molecule has 0 fully saturated rings. The van der Waals surface area contributed by atoms with Crippen LogP contribution < -0.4 is 33.6 Å². The standard InChI is InChI=1S/C26H38N10O6S.C2H4O2/c1-2-35(13-11-18-9-10-22(43-18)36(41)42)21(38)15-32-23(39)19(4-3-12-31-25(27)28)33-24(40)20(34-26(29)30)14-16-5-7-17(37)8-6-16;1-2(3)4/h5-10,19-20,37H,2-4,11-15H2,1H3,(H,32,39)(H,33,40)(H4,27,28,31)(H4,29,30,34);1H3,(H,3,4)/t19-,20+;/m1./s1. The van der Waals surface area contributed by atoms with Crippen molar-refractivity contribution in [3.05, 3.63) is 57.0 Å². The van der Waals surface area contributed by atoms with Crippen LogP contribution in [-0.2, 0) is 32.0 Å². The van der Waals surface area contributed by atoms with Gasteiger partial charge in [-0.2, -0.15) is 0 Å². The first-order chi connectivity index (χ1) is 22.1. The molecule has 0 saturated heterocycles. The largest absolute Gasteiger partial charge is 0.508 e. The summed E-state index contributed by atoms with van der Waals surface area (Å²) in [7, 11) is 0. The van der Waals surface area contributed by atoms with E-state index in [9.17, 15) is 29.6 Å². The second-order valence-corrected chi connectivity index (χ2v) is 11.1. The summed E-state index contributed by atoms with van der Waals surface area (Å²) in [5.74, 6) is -2.82. The van der Waals surface area contributed by atoms with Crippen molar-refractivity contribution in [2.75, 3.05) is 26.2 Å². The predicted molar refractivity (Wildman–Crippen MR) is 177 cm³/mol. The molecule has 0 bridgehead atoms. The lowest BCUT2D eigenvalue weighted by Crippen LogP contribution is -2.52. The second-order valence-electron chi connectivity index (χ2n) is 9.91. The number of nitro groups is 1. The van der Waals surface area contributed by atoms with E-state index in [0.717, 1.165) is 23.1 Å². The first-order valence-corrected chi connectivity index (χ1v) is 15.1. The molecule has 47 heavy (non-hydrogen) atoms. The van der Waals surface area contributed by atoms with Gasteiger partial charge in [0.15, 0.2) is 11.9 Å². The van der Waals surface area contributed by atoms with Gasteiger partial charge in [-0.3, -0.25) is 34.3 Å². The Morgan fingerprint density at radius 3 is 2.21 bits per heavy atom. The van der Waals surface area contributed by atoms with Crippen LogP contribution in [0.5, 0.6) is 5.75 Å². The lowest BCUT2D eigenvalue weighted by molar-refractivity contribution is -0.380. The van der Waals surface area contributed by atoms with Crippen molar-refractivity contribution >= 4 is 51.9 Å². The fourth-order valence-electron chi connectivity index (χ4n) is 3.97. The molecule has 2 atom stereocenters. The number of carbonyl (C=O) groups excluding carboxylic acids is 3. The highest BCUT2D eigenvalue weighted by atomic mass is 32.1. The summed E-state index contributed by atoms with van der Waals surface area (Å²) in [6.45, 7) is 3.40. The number of nitrogens with two attached hydrogens (primary N) is 4. The zero-order chi connectivity index (χ0) is 35.5. The summed E-state index contributed by atoms with van der Waals surface area (Å²) in [4.78, 5) is 68.9. The van der Waals surface area contributed by atoms with Gasteiger partial charge in [0.2, 0.25) is 17.7 Å². The zero-order valence-electron chi connectivity index (χ0n) is 26.1. The number of likely N-dealkylation sites (N-methyl/N-ethyl adjacent to an activating group) is 1. The number of phenols is 1. The Morgan fingerprint density at radius 1 is 1.04 bits per heavy atom. The van der Waals surface area contributed by atoms with E-state index in [0.29, 0.717) is 31.5 Å². The Kier molecular flexibility index (Phi) is 17.3. The summed E-state index contributed by atoms with van der Waals surface area (Å²) in [6.07, 6.45) is 0.987. The highest BCUT2D eigenvalue weighted by molar-refractivity contribution is 7.15. The molecule has 0 unspecified atom stereocenters. The van der Waals surface area contributed by atoms with Gasteiger partial charge in [-0.1, -0.05) is 23.5 Å². The number of hydrogen-bond donors (Lipinski definition) is 8. The lowest BCUT2D eigenvalue weighted by Gasteiger charge is -2.23. The SMILES string of the molecule is CC(=O)O.CCN(CCc1ccc([N+](=O)[O-])s1)C(=O)CNC(=O)[C@@H](CCCN=C(N)N)NC(=O)[C@H](Cc1ccc(O)cc1)N=C(N)N. The maximum absolute atomic E-state index is 13.2. The molecule has 1 aromatic carbocycles. The van der Waals surface area contributed by atoms with E-state index in [1.807, 2.05) is 0 Å². The number of carbonyl (C=O) groups is 4. The highest BCUT2D eigenvalue weighted by Crippen LogP contribution is 2.24. The monoisotopic (exact) mass is 678 g/mol. The Bertz CT molecular complexity index is 1400. The third kappa shape index (κ3) is 16.4. The smallest absolute Gasteiger partial charge is 0.324 e. The van der Waals surface area contributed by atoms with Crippen molar-refractivity contribution in [3.8, 4) is 5.75 Å². The van der Waals surface area contributed by atoms with Crippen molar-refractivity contribution in [1.29, 1.82) is 0 Å². The third-order valence-electron chi connectivity index (χ3n) is 6.16. The number of rotatable bonds is 17. The number of aliphatic imine (C=N–C) groups is 2. The van der Waals surface area contributed by atoms with Gasteiger partial charge in [0, 0.05) is 43.9 Å². The number of aromatic hydroxyl groups is 1. The van der Waals surface area contributed by atoms with Crippen molar-refractivity contribution in [2.45, 2.75) is 51.6 Å². The molecule has 0 spiro atoms. The minimum atomic E-state index is -1.08. The number of carboxylic acids is 1. The number of hydrogen-bond acceptors (Lipinski definition) is 10. The number of benzene rings is 1. The molecule has 12 N–H and O–H groups in total. The molecule has 258 valence electrons. The molecule has 0 aliphatic heterocycles. The van der Waals surface area contributed by atoms with Crippen LogP contribution in [0, 0.1) is 10.1 Å². The fraction of sp³-hybridized carbons (Fsp3) is 0.429. The van der Waals surface area contributed by atoms with Crippen LogP contribution in [0.3, 0.4) is 0 Å². The van der Waals surface area contributed by atoms with E-state index in [2.05, 4.69) is 20.6 Å². The van der Waals surface area contributed by atoms with Crippen LogP contribution in [0.15, 0.2) is 46.4 Å². The summed E-state index contributed by atoms with van der Waals surface area (Å²) in [5, 5.41) is 33.1. The second kappa shape index (κ2) is 20.5. The van der Waals surface area contributed by atoms with Crippen molar-refractivity contribution in [1.82, 2.24) is 15.5 Å². The quantitative estimate of drug-likeness (QED) is 0.0341. The molecule has 19 heteroatoms.